The highest BCUT2D eigenvalue weighted by atomic mass is 16.2. The van der Waals surface area contributed by atoms with Crippen LogP contribution >= 0.6 is 0 Å². The molecule has 0 spiro atoms. The summed E-state index contributed by atoms with van der Waals surface area (Å²) < 4.78 is 0. The van der Waals surface area contributed by atoms with Crippen molar-refractivity contribution in [1.82, 2.24) is 20.4 Å². The van der Waals surface area contributed by atoms with Gasteiger partial charge in [-0.25, -0.2) is 0 Å². The number of nitrogens with one attached hydrogen (secondary N) is 2. The van der Waals surface area contributed by atoms with Crippen molar-refractivity contribution in [3.05, 3.63) is 17.0 Å². The normalized spacial score (nSPS) is 23.2. The zero-order valence-electron chi connectivity index (χ0n) is 10.8. The molecule has 1 unspecified atom stereocenters. The SMILES string of the molecule is CCC1CCCN1C(=O)c1n[nH]c2c1CNCC2. The van der Waals surface area contributed by atoms with Crippen LogP contribution < -0.4 is 5.32 Å². The second-order valence-corrected chi connectivity index (χ2v) is 5.16. The van der Waals surface area contributed by atoms with Crippen molar-refractivity contribution < 1.29 is 4.79 Å². The summed E-state index contributed by atoms with van der Waals surface area (Å²) in [5.41, 5.74) is 2.84. The molecule has 1 aromatic heterocycles. The number of hydrogen-bond acceptors (Lipinski definition) is 3. The van der Waals surface area contributed by atoms with Crippen molar-refractivity contribution in [3.63, 3.8) is 0 Å². The van der Waals surface area contributed by atoms with Crippen molar-refractivity contribution in [2.75, 3.05) is 13.1 Å². The molecule has 1 amide bonds. The summed E-state index contributed by atoms with van der Waals surface area (Å²) >= 11 is 0. The Balaban J connectivity index is 1.86. The van der Waals surface area contributed by atoms with Gasteiger partial charge >= 0.3 is 0 Å². The van der Waals surface area contributed by atoms with E-state index in [1.807, 2.05) is 4.90 Å². The van der Waals surface area contributed by atoms with E-state index < -0.39 is 0 Å². The molecule has 5 heteroatoms. The molecular formula is C13H20N4O. The van der Waals surface area contributed by atoms with Gasteiger partial charge in [0.2, 0.25) is 0 Å². The fraction of sp³-hybridized carbons (Fsp3) is 0.692. The van der Waals surface area contributed by atoms with Crippen molar-refractivity contribution in [2.45, 2.75) is 45.2 Å². The number of nitrogens with zero attached hydrogens (tertiary/aromatic N) is 2. The smallest absolute Gasteiger partial charge is 0.274 e. The summed E-state index contributed by atoms with van der Waals surface area (Å²) in [5.74, 6) is 0.112. The molecule has 18 heavy (non-hydrogen) atoms. The average Bonchev–Trinajstić information content (AvgIpc) is 3.04. The lowest BCUT2D eigenvalue weighted by molar-refractivity contribution is 0.0726. The number of hydrogen-bond donors (Lipinski definition) is 2. The molecule has 1 aromatic rings. The standard InChI is InChI=1S/C13H20N4O/c1-2-9-4-3-7-17(9)13(18)12-10-8-14-6-5-11(10)15-16-12/h9,14H,2-8H2,1H3,(H,15,16). The number of amides is 1. The van der Waals surface area contributed by atoms with E-state index in [0.29, 0.717) is 11.7 Å². The van der Waals surface area contributed by atoms with Gasteiger partial charge in [0.1, 0.15) is 0 Å². The summed E-state index contributed by atoms with van der Waals surface area (Å²) in [6.45, 7) is 4.76. The maximum absolute atomic E-state index is 12.6. The van der Waals surface area contributed by atoms with Crippen molar-refractivity contribution >= 4 is 5.91 Å². The van der Waals surface area contributed by atoms with E-state index in [0.717, 1.165) is 56.6 Å². The fourth-order valence-corrected chi connectivity index (χ4v) is 3.07. The van der Waals surface area contributed by atoms with E-state index in [1.54, 1.807) is 0 Å². The van der Waals surface area contributed by atoms with E-state index in [2.05, 4.69) is 22.4 Å². The summed E-state index contributed by atoms with van der Waals surface area (Å²) in [4.78, 5) is 14.6. The van der Waals surface area contributed by atoms with Crippen LogP contribution in [0.15, 0.2) is 0 Å². The summed E-state index contributed by atoms with van der Waals surface area (Å²) in [7, 11) is 0. The second-order valence-electron chi connectivity index (χ2n) is 5.16. The first-order valence-corrected chi connectivity index (χ1v) is 6.89. The Morgan fingerprint density at radius 1 is 1.56 bits per heavy atom. The predicted octanol–water partition coefficient (Wildman–Crippen LogP) is 1.07. The zero-order chi connectivity index (χ0) is 12.5. The Morgan fingerprint density at radius 3 is 3.28 bits per heavy atom. The number of aromatic amines is 1. The number of likely N-dealkylation sites (tertiary alicyclic amines) is 1. The molecule has 1 fully saturated rings. The van der Waals surface area contributed by atoms with E-state index in [1.165, 1.54) is 0 Å². The summed E-state index contributed by atoms with van der Waals surface area (Å²) in [5, 5.41) is 10.6. The van der Waals surface area contributed by atoms with E-state index in [9.17, 15) is 4.79 Å². The molecule has 2 aliphatic rings. The van der Waals surface area contributed by atoms with Crippen LogP contribution in [0.5, 0.6) is 0 Å². The van der Waals surface area contributed by atoms with Gasteiger partial charge in [0.05, 0.1) is 0 Å². The number of carbonyl (C=O) groups is 1. The first-order chi connectivity index (χ1) is 8.81. The lowest BCUT2D eigenvalue weighted by Gasteiger charge is -2.23. The molecule has 5 nitrogen and oxygen atoms in total. The number of aromatic nitrogens is 2. The quantitative estimate of drug-likeness (QED) is 0.823. The maximum atomic E-state index is 12.6. The van der Waals surface area contributed by atoms with Gasteiger partial charge in [0.25, 0.3) is 5.91 Å². The molecular weight excluding hydrogens is 228 g/mol. The highest BCUT2D eigenvalue weighted by molar-refractivity contribution is 5.94. The molecule has 3 heterocycles. The van der Waals surface area contributed by atoms with Gasteiger partial charge in [-0.3, -0.25) is 9.89 Å². The minimum atomic E-state index is 0.112. The molecule has 2 aliphatic heterocycles. The molecule has 1 atom stereocenters. The molecule has 0 radical (unpaired) electrons. The van der Waals surface area contributed by atoms with Crippen molar-refractivity contribution in [3.8, 4) is 0 Å². The lowest BCUT2D eigenvalue weighted by Crippen LogP contribution is -2.36. The topological polar surface area (TPSA) is 61.0 Å². The van der Waals surface area contributed by atoms with Gasteiger partial charge in [0.15, 0.2) is 5.69 Å². The van der Waals surface area contributed by atoms with E-state index in [-0.39, 0.29) is 5.91 Å². The largest absolute Gasteiger partial charge is 0.334 e. The predicted molar refractivity (Wildman–Crippen MR) is 68.3 cm³/mol. The molecule has 0 aromatic carbocycles. The number of H-pyrrole nitrogens is 1. The van der Waals surface area contributed by atoms with Crippen LogP contribution in [0.4, 0.5) is 0 Å². The summed E-state index contributed by atoms with van der Waals surface area (Å²) in [6, 6.07) is 0.404. The van der Waals surface area contributed by atoms with Crippen LogP contribution in [0.25, 0.3) is 0 Å². The van der Waals surface area contributed by atoms with Gasteiger partial charge in [-0.15, -0.1) is 0 Å². The minimum Gasteiger partial charge on any atom is -0.334 e. The highest BCUT2D eigenvalue weighted by Crippen LogP contribution is 2.24. The van der Waals surface area contributed by atoms with Gasteiger partial charge < -0.3 is 10.2 Å². The third-order valence-electron chi connectivity index (χ3n) is 4.12. The summed E-state index contributed by atoms with van der Waals surface area (Å²) in [6.07, 6.45) is 4.23. The van der Waals surface area contributed by atoms with Crippen LogP contribution in [0, 0.1) is 0 Å². The molecule has 1 saturated heterocycles. The monoisotopic (exact) mass is 248 g/mol. The highest BCUT2D eigenvalue weighted by Gasteiger charge is 2.31. The van der Waals surface area contributed by atoms with Crippen molar-refractivity contribution in [1.29, 1.82) is 0 Å². The van der Waals surface area contributed by atoms with Crippen molar-refractivity contribution in [2.24, 2.45) is 0 Å². The van der Waals surface area contributed by atoms with Gasteiger partial charge in [0, 0.05) is 43.4 Å². The second kappa shape index (κ2) is 4.72. The number of rotatable bonds is 2. The minimum absolute atomic E-state index is 0.112. The lowest BCUT2D eigenvalue weighted by atomic mass is 10.1. The van der Waals surface area contributed by atoms with Crippen LogP contribution in [-0.4, -0.2) is 40.1 Å². The molecule has 2 N–H and O–H groups in total. The van der Waals surface area contributed by atoms with Gasteiger partial charge in [-0.2, -0.15) is 5.10 Å². The third kappa shape index (κ3) is 1.82. The average molecular weight is 248 g/mol. The van der Waals surface area contributed by atoms with Crippen LogP contribution in [0.3, 0.4) is 0 Å². The Hall–Kier alpha value is -1.36. The third-order valence-corrected chi connectivity index (χ3v) is 4.12. The molecule has 0 aliphatic carbocycles. The number of carbonyl (C=O) groups excluding carboxylic acids is 1. The van der Waals surface area contributed by atoms with Gasteiger partial charge in [-0.1, -0.05) is 6.92 Å². The molecule has 98 valence electrons. The Labute approximate surface area is 107 Å². The Morgan fingerprint density at radius 2 is 2.44 bits per heavy atom. The fourth-order valence-electron chi connectivity index (χ4n) is 3.07. The Kier molecular flexibility index (Phi) is 3.07. The van der Waals surface area contributed by atoms with E-state index in [4.69, 9.17) is 0 Å². The molecule has 0 bridgehead atoms. The van der Waals surface area contributed by atoms with Gasteiger partial charge in [-0.05, 0) is 19.3 Å². The maximum Gasteiger partial charge on any atom is 0.274 e. The zero-order valence-corrected chi connectivity index (χ0v) is 10.8. The first-order valence-electron chi connectivity index (χ1n) is 6.89. The Bertz CT molecular complexity index is 454. The van der Waals surface area contributed by atoms with Crippen LogP contribution in [-0.2, 0) is 13.0 Å². The first kappa shape index (κ1) is 11.7. The molecule has 0 saturated carbocycles. The van der Waals surface area contributed by atoms with E-state index >= 15 is 0 Å². The van der Waals surface area contributed by atoms with Crippen LogP contribution in [0.2, 0.25) is 0 Å². The van der Waals surface area contributed by atoms with Crippen LogP contribution in [0.1, 0.15) is 47.9 Å². The number of fused-ring (bicyclic) bond motifs is 1. The molecule has 3 rings (SSSR count).